The standard InChI is InChI=1S/C14H19NO4S2/c16-20(17)11-10-15(21(18,19)13-6-7-13)9-8-14(20)12-4-2-1-3-5-12/h1-5,13-14H,6-11H2. The molecular weight excluding hydrogens is 310 g/mol. The number of nitrogens with zero attached hydrogens (tertiary/aromatic N) is 1. The molecule has 0 bridgehead atoms. The molecule has 1 heterocycles. The van der Waals surface area contributed by atoms with Crippen LogP contribution in [-0.2, 0) is 19.9 Å². The zero-order valence-electron chi connectivity index (χ0n) is 11.7. The summed E-state index contributed by atoms with van der Waals surface area (Å²) in [5.74, 6) is -0.0987. The topological polar surface area (TPSA) is 71.5 Å². The van der Waals surface area contributed by atoms with Gasteiger partial charge in [-0.3, -0.25) is 0 Å². The highest BCUT2D eigenvalue weighted by Crippen LogP contribution is 2.34. The lowest BCUT2D eigenvalue weighted by Crippen LogP contribution is -2.36. The Bertz CT molecular complexity index is 709. The van der Waals surface area contributed by atoms with Gasteiger partial charge < -0.3 is 0 Å². The molecule has 0 amide bonds. The van der Waals surface area contributed by atoms with Crippen LogP contribution in [0.15, 0.2) is 30.3 Å². The first-order valence-corrected chi connectivity index (χ1v) is 10.4. The van der Waals surface area contributed by atoms with E-state index < -0.39 is 25.1 Å². The van der Waals surface area contributed by atoms with Crippen LogP contribution < -0.4 is 0 Å². The summed E-state index contributed by atoms with van der Waals surface area (Å²) < 4.78 is 50.8. The highest BCUT2D eigenvalue weighted by molar-refractivity contribution is 7.92. The second kappa shape index (κ2) is 5.37. The van der Waals surface area contributed by atoms with E-state index in [0.29, 0.717) is 19.3 Å². The molecule has 0 aromatic heterocycles. The summed E-state index contributed by atoms with van der Waals surface area (Å²) in [6.45, 7) is 0.377. The summed E-state index contributed by atoms with van der Waals surface area (Å²) in [5.41, 5.74) is 0.753. The first-order chi connectivity index (χ1) is 9.91. The quantitative estimate of drug-likeness (QED) is 0.839. The lowest BCUT2D eigenvalue weighted by atomic mass is 10.1. The maximum absolute atomic E-state index is 12.4. The van der Waals surface area contributed by atoms with Crippen molar-refractivity contribution in [2.75, 3.05) is 18.8 Å². The number of sulfonamides is 1. The van der Waals surface area contributed by atoms with Crippen molar-refractivity contribution in [2.24, 2.45) is 0 Å². The van der Waals surface area contributed by atoms with E-state index in [0.717, 1.165) is 5.56 Å². The predicted molar refractivity (Wildman–Crippen MR) is 81.1 cm³/mol. The summed E-state index contributed by atoms with van der Waals surface area (Å²) in [6.07, 6.45) is 1.74. The van der Waals surface area contributed by atoms with Crippen LogP contribution >= 0.6 is 0 Å². The fraction of sp³-hybridized carbons (Fsp3) is 0.571. The van der Waals surface area contributed by atoms with Gasteiger partial charge in [0.15, 0.2) is 9.84 Å². The smallest absolute Gasteiger partial charge is 0.217 e. The molecule has 1 aliphatic heterocycles. The summed E-state index contributed by atoms with van der Waals surface area (Å²) >= 11 is 0. The second-order valence-electron chi connectivity index (χ2n) is 5.70. The van der Waals surface area contributed by atoms with Crippen LogP contribution in [0.3, 0.4) is 0 Å². The van der Waals surface area contributed by atoms with E-state index in [-0.39, 0.29) is 24.1 Å². The van der Waals surface area contributed by atoms with Gasteiger partial charge in [-0.25, -0.2) is 21.1 Å². The minimum Gasteiger partial charge on any atom is -0.228 e. The zero-order valence-corrected chi connectivity index (χ0v) is 13.3. The molecule has 116 valence electrons. The third-order valence-electron chi connectivity index (χ3n) is 4.18. The first kappa shape index (κ1) is 15.0. The van der Waals surface area contributed by atoms with E-state index in [4.69, 9.17) is 0 Å². The average Bonchev–Trinajstić information content (AvgIpc) is 3.27. The summed E-state index contributed by atoms with van der Waals surface area (Å²) in [6, 6.07) is 9.07. The van der Waals surface area contributed by atoms with E-state index >= 15 is 0 Å². The summed E-state index contributed by atoms with van der Waals surface area (Å²) in [5, 5.41) is -0.883. The Morgan fingerprint density at radius 1 is 1.00 bits per heavy atom. The van der Waals surface area contributed by atoms with Gasteiger partial charge in [0, 0.05) is 13.1 Å². The summed E-state index contributed by atoms with van der Waals surface area (Å²) in [4.78, 5) is 0. The molecule has 5 nitrogen and oxygen atoms in total. The van der Waals surface area contributed by atoms with Gasteiger partial charge in [0.1, 0.15) is 0 Å². The minimum atomic E-state index is -3.32. The van der Waals surface area contributed by atoms with E-state index in [9.17, 15) is 16.8 Å². The Balaban J connectivity index is 1.86. The van der Waals surface area contributed by atoms with Crippen molar-refractivity contribution in [3.05, 3.63) is 35.9 Å². The van der Waals surface area contributed by atoms with E-state index in [1.54, 1.807) is 12.1 Å². The lowest BCUT2D eigenvalue weighted by molar-refractivity contribution is 0.427. The van der Waals surface area contributed by atoms with Crippen LogP contribution in [0.1, 0.15) is 30.1 Å². The third kappa shape index (κ3) is 3.00. The molecule has 1 aliphatic carbocycles. The highest BCUT2D eigenvalue weighted by Gasteiger charge is 2.42. The molecule has 2 fully saturated rings. The monoisotopic (exact) mass is 329 g/mol. The molecule has 1 aromatic rings. The normalized spacial score (nSPS) is 27.1. The van der Waals surface area contributed by atoms with Gasteiger partial charge in [-0.05, 0) is 24.8 Å². The molecule has 3 rings (SSSR count). The van der Waals surface area contributed by atoms with Crippen LogP contribution in [0.4, 0.5) is 0 Å². The van der Waals surface area contributed by atoms with E-state index in [1.807, 2.05) is 18.2 Å². The van der Waals surface area contributed by atoms with Gasteiger partial charge in [-0.1, -0.05) is 30.3 Å². The molecule has 1 saturated carbocycles. The zero-order chi connectivity index (χ0) is 15.1. The van der Waals surface area contributed by atoms with Crippen molar-refractivity contribution in [1.82, 2.24) is 4.31 Å². The fourth-order valence-electron chi connectivity index (χ4n) is 2.80. The van der Waals surface area contributed by atoms with E-state index in [2.05, 4.69) is 0 Å². The molecule has 0 N–H and O–H groups in total. The Morgan fingerprint density at radius 3 is 2.29 bits per heavy atom. The maximum atomic E-state index is 12.4. The van der Waals surface area contributed by atoms with Gasteiger partial charge in [0.2, 0.25) is 10.0 Å². The third-order valence-corrected chi connectivity index (χ3v) is 8.70. The highest BCUT2D eigenvalue weighted by atomic mass is 32.2. The Morgan fingerprint density at radius 2 is 1.67 bits per heavy atom. The molecule has 1 saturated heterocycles. The molecule has 21 heavy (non-hydrogen) atoms. The average molecular weight is 329 g/mol. The lowest BCUT2D eigenvalue weighted by Gasteiger charge is -2.19. The fourth-order valence-corrected chi connectivity index (χ4v) is 6.57. The van der Waals surface area contributed by atoms with Crippen molar-refractivity contribution >= 4 is 19.9 Å². The van der Waals surface area contributed by atoms with Crippen molar-refractivity contribution in [1.29, 1.82) is 0 Å². The summed E-state index contributed by atoms with van der Waals surface area (Å²) in [7, 11) is -6.62. The Kier molecular flexibility index (Phi) is 3.83. The number of sulfone groups is 1. The van der Waals surface area contributed by atoms with Crippen LogP contribution in [-0.4, -0.2) is 45.2 Å². The molecule has 2 aliphatic rings. The van der Waals surface area contributed by atoms with Gasteiger partial charge in [0.05, 0.1) is 16.3 Å². The number of benzene rings is 1. The SMILES string of the molecule is O=S1(=O)CCN(S(=O)(=O)C2CC2)CCC1c1ccccc1. The number of hydrogen-bond donors (Lipinski definition) is 0. The van der Waals surface area contributed by atoms with Crippen molar-refractivity contribution in [3.8, 4) is 0 Å². The van der Waals surface area contributed by atoms with Crippen molar-refractivity contribution in [3.63, 3.8) is 0 Å². The van der Waals surface area contributed by atoms with Crippen LogP contribution in [0.25, 0.3) is 0 Å². The van der Waals surface area contributed by atoms with Crippen LogP contribution in [0.5, 0.6) is 0 Å². The Labute approximate surface area is 125 Å². The number of hydrogen-bond acceptors (Lipinski definition) is 4. The maximum Gasteiger partial charge on any atom is 0.217 e. The molecule has 1 atom stereocenters. The predicted octanol–water partition coefficient (Wildman–Crippen LogP) is 1.34. The molecular formula is C14H19NO4S2. The van der Waals surface area contributed by atoms with Gasteiger partial charge in [0.25, 0.3) is 0 Å². The van der Waals surface area contributed by atoms with Gasteiger partial charge in [-0.15, -0.1) is 0 Å². The molecule has 0 radical (unpaired) electrons. The minimum absolute atomic E-state index is 0.0878. The number of rotatable bonds is 3. The van der Waals surface area contributed by atoms with E-state index in [1.165, 1.54) is 4.31 Å². The first-order valence-electron chi connectivity index (χ1n) is 7.17. The molecule has 7 heteroatoms. The van der Waals surface area contributed by atoms with Crippen LogP contribution in [0, 0.1) is 0 Å². The van der Waals surface area contributed by atoms with Crippen LogP contribution in [0.2, 0.25) is 0 Å². The largest absolute Gasteiger partial charge is 0.228 e. The van der Waals surface area contributed by atoms with Crippen molar-refractivity contribution < 1.29 is 16.8 Å². The molecule has 1 aromatic carbocycles. The van der Waals surface area contributed by atoms with Gasteiger partial charge in [-0.2, -0.15) is 0 Å². The second-order valence-corrected chi connectivity index (χ2v) is 10.2. The van der Waals surface area contributed by atoms with Crippen molar-refractivity contribution in [2.45, 2.75) is 29.8 Å². The Hall–Kier alpha value is -0.920. The van der Waals surface area contributed by atoms with Gasteiger partial charge >= 0.3 is 0 Å². The molecule has 1 unspecified atom stereocenters. The molecule has 0 spiro atoms.